The fraction of sp³-hybridized carbons (Fsp3) is 0.250. The molecule has 1 aromatic rings. The van der Waals surface area contributed by atoms with E-state index in [9.17, 15) is 19.5 Å². The predicted octanol–water partition coefficient (Wildman–Crippen LogP) is 0.564. The Bertz CT molecular complexity index is 531. The maximum atomic E-state index is 12.1. The molecule has 0 aliphatic carbocycles. The molecule has 0 spiro atoms. The molecule has 1 atom stereocenters. The fourth-order valence-electron chi connectivity index (χ4n) is 1.76. The van der Waals surface area contributed by atoms with Crippen LogP contribution in [0.15, 0.2) is 28.7 Å². The highest BCUT2D eigenvalue weighted by Gasteiger charge is 2.39. The van der Waals surface area contributed by atoms with Crippen LogP contribution in [0.4, 0.5) is 5.69 Å². The lowest BCUT2D eigenvalue weighted by molar-refractivity contribution is -0.301. The normalized spacial score (nSPS) is 19.0. The molecular formula is C12H9BrNO4S-. The Morgan fingerprint density at radius 1 is 1.37 bits per heavy atom. The first-order valence-corrected chi connectivity index (χ1v) is 7.27. The molecule has 100 valence electrons. The number of aliphatic carboxylic acids is 1. The summed E-state index contributed by atoms with van der Waals surface area (Å²) >= 11 is 4.19. The molecule has 1 aliphatic rings. The van der Waals surface area contributed by atoms with E-state index in [2.05, 4.69) is 15.9 Å². The molecule has 1 fully saturated rings. The molecule has 1 heterocycles. The van der Waals surface area contributed by atoms with Gasteiger partial charge in [-0.15, -0.1) is 11.8 Å². The van der Waals surface area contributed by atoms with Crippen LogP contribution in [-0.4, -0.2) is 28.8 Å². The van der Waals surface area contributed by atoms with E-state index < -0.39 is 11.2 Å². The van der Waals surface area contributed by atoms with Gasteiger partial charge in [0.05, 0.1) is 16.9 Å². The van der Waals surface area contributed by atoms with Gasteiger partial charge in [0.2, 0.25) is 11.8 Å². The first kappa shape index (κ1) is 14.1. The topological polar surface area (TPSA) is 77.5 Å². The second-order valence-electron chi connectivity index (χ2n) is 3.92. The van der Waals surface area contributed by atoms with Crippen molar-refractivity contribution in [1.29, 1.82) is 0 Å². The number of rotatable bonds is 4. The summed E-state index contributed by atoms with van der Waals surface area (Å²) in [7, 11) is 0. The summed E-state index contributed by atoms with van der Waals surface area (Å²) in [5.41, 5.74) is 0.495. The van der Waals surface area contributed by atoms with Gasteiger partial charge in [0, 0.05) is 16.6 Å². The highest BCUT2D eigenvalue weighted by Crippen LogP contribution is 2.30. The third kappa shape index (κ3) is 3.16. The Morgan fingerprint density at radius 3 is 2.58 bits per heavy atom. The molecule has 0 N–H and O–H groups in total. The molecule has 2 rings (SSSR count). The van der Waals surface area contributed by atoms with Crippen molar-refractivity contribution >= 4 is 51.2 Å². The number of amides is 2. The number of carboxylic acids is 1. The number of thioether (sulfide) groups is 1. The van der Waals surface area contributed by atoms with Gasteiger partial charge < -0.3 is 9.90 Å². The zero-order valence-corrected chi connectivity index (χ0v) is 12.1. The van der Waals surface area contributed by atoms with E-state index in [0.717, 1.165) is 21.1 Å². The van der Waals surface area contributed by atoms with Crippen LogP contribution in [0.25, 0.3) is 0 Å². The summed E-state index contributed by atoms with van der Waals surface area (Å²) in [6.45, 7) is 0. The number of hydrogen-bond donors (Lipinski definition) is 0. The van der Waals surface area contributed by atoms with Gasteiger partial charge in [-0.1, -0.05) is 15.9 Å². The SMILES string of the molecule is O=C([O-])CS[C@H]1CC(=O)N(c2ccc(Br)cc2)C1=O. The third-order valence-corrected chi connectivity index (χ3v) is 4.29. The van der Waals surface area contributed by atoms with Crippen molar-refractivity contribution in [1.82, 2.24) is 0 Å². The summed E-state index contributed by atoms with van der Waals surface area (Å²) in [6.07, 6.45) is 0.0207. The maximum Gasteiger partial charge on any atom is 0.247 e. The van der Waals surface area contributed by atoms with E-state index in [1.165, 1.54) is 0 Å². The molecule has 5 nitrogen and oxygen atoms in total. The number of nitrogens with zero attached hydrogens (tertiary/aromatic N) is 1. The number of benzene rings is 1. The van der Waals surface area contributed by atoms with Gasteiger partial charge in [-0.2, -0.15) is 0 Å². The fourth-order valence-corrected chi connectivity index (χ4v) is 2.87. The van der Waals surface area contributed by atoms with Crippen LogP contribution in [0.2, 0.25) is 0 Å². The lowest BCUT2D eigenvalue weighted by atomic mass is 10.3. The number of hydrogen-bond acceptors (Lipinski definition) is 5. The number of imide groups is 1. The standard InChI is InChI=1S/C12H10BrNO4S/c13-7-1-3-8(4-2-7)14-10(15)5-9(12(14)18)19-6-11(16)17/h1-4,9H,5-6H2,(H,16,17)/p-1/t9-/m0/s1. The van der Waals surface area contributed by atoms with Gasteiger partial charge in [-0.3, -0.25) is 9.59 Å². The Balaban J connectivity index is 2.14. The summed E-state index contributed by atoms with van der Waals surface area (Å²) < 4.78 is 0.846. The van der Waals surface area contributed by atoms with Gasteiger partial charge in [-0.25, -0.2) is 4.90 Å². The Kier molecular flexibility index (Phi) is 4.26. The van der Waals surface area contributed by atoms with Gasteiger partial charge in [0.25, 0.3) is 0 Å². The van der Waals surface area contributed by atoms with Gasteiger partial charge in [0.1, 0.15) is 0 Å². The van der Waals surface area contributed by atoms with Gasteiger partial charge >= 0.3 is 0 Å². The molecule has 2 amide bonds. The predicted molar refractivity (Wildman–Crippen MR) is 72.5 cm³/mol. The van der Waals surface area contributed by atoms with Crippen molar-refractivity contribution in [2.24, 2.45) is 0 Å². The Labute approximate surface area is 122 Å². The van der Waals surface area contributed by atoms with Crippen LogP contribution in [0.5, 0.6) is 0 Å². The van der Waals surface area contributed by atoms with E-state index in [0.29, 0.717) is 5.69 Å². The third-order valence-electron chi connectivity index (χ3n) is 2.59. The molecule has 0 saturated carbocycles. The van der Waals surface area contributed by atoms with E-state index in [4.69, 9.17) is 0 Å². The van der Waals surface area contributed by atoms with Crippen LogP contribution < -0.4 is 10.0 Å². The van der Waals surface area contributed by atoms with Crippen molar-refractivity contribution in [3.63, 3.8) is 0 Å². The lowest BCUT2D eigenvalue weighted by Crippen LogP contribution is -2.32. The van der Waals surface area contributed by atoms with Crippen LogP contribution in [0.1, 0.15) is 6.42 Å². The lowest BCUT2D eigenvalue weighted by Gasteiger charge is -2.15. The van der Waals surface area contributed by atoms with Crippen LogP contribution >= 0.6 is 27.7 Å². The summed E-state index contributed by atoms with van der Waals surface area (Å²) in [6, 6.07) is 6.78. The Hall–Kier alpha value is -1.34. The summed E-state index contributed by atoms with van der Waals surface area (Å²) in [5.74, 6) is -2.23. The smallest absolute Gasteiger partial charge is 0.247 e. The minimum atomic E-state index is -1.24. The molecule has 19 heavy (non-hydrogen) atoms. The first-order chi connectivity index (χ1) is 8.99. The molecule has 0 unspecified atom stereocenters. The zero-order valence-electron chi connectivity index (χ0n) is 9.67. The van der Waals surface area contributed by atoms with Crippen molar-refractivity contribution in [2.45, 2.75) is 11.7 Å². The minimum absolute atomic E-state index is 0.0207. The maximum absolute atomic E-state index is 12.1. The van der Waals surface area contributed by atoms with Gasteiger partial charge in [0.15, 0.2) is 0 Å². The monoisotopic (exact) mass is 342 g/mol. The van der Waals surface area contributed by atoms with E-state index in [-0.39, 0.29) is 24.0 Å². The van der Waals surface area contributed by atoms with Gasteiger partial charge in [-0.05, 0) is 24.3 Å². The van der Waals surface area contributed by atoms with Crippen molar-refractivity contribution in [3.05, 3.63) is 28.7 Å². The van der Waals surface area contributed by atoms with E-state index >= 15 is 0 Å². The molecule has 1 aliphatic heterocycles. The minimum Gasteiger partial charge on any atom is -0.549 e. The van der Waals surface area contributed by atoms with Crippen LogP contribution in [0, 0.1) is 0 Å². The molecule has 1 aromatic carbocycles. The second-order valence-corrected chi connectivity index (χ2v) is 6.03. The van der Waals surface area contributed by atoms with E-state index in [1.807, 2.05) is 0 Å². The summed E-state index contributed by atoms with van der Waals surface area (Å²) in [5, 5.41) is 9.74. The second kappa shape index (κ2) is 5.75. The van der Waals surface area contributed by atoms with Crippen molar-refractivity contribution < 1.29 is 19.5 Å². The highest BCUT2D eigenvalue weighted by molar-refractivity contribution is 9.10. The van der Waals surface area contributed by atoms with Crippen LogP contribution in [0.3, 0.4) is 0 Å². The number of halogens is 1. The van der Waals surface area contributed by atoms with Crippen molar-refractivity contribution in [2.75, 3.05) is 10.7 Å². The quantitative estimate of drug-likeness (QED) is 0.747. The average Bonchev–Trinajstić information content (AvgIpc) is 2.63. The largest absolute Gasteiger partial charge is 0.549 e. The number of carbonyl (C=O) groups is 3. The number of carboxylic acid groups (broad SMARTS) is 1. The highest BCUT2D eigenvalue weighted by atomic mass is 79.9. The van der Waals surface area contributed by atoms with Crippen LogP contribution in [-0.2, 0) is 14.4 Å². The molecule has 0 radical (unpaired) electrons. The van der Waals surface area contributed by atoms with E-state index in [1.54, 1.807) is 24.3 Å². The first-order valence-electron chi connectivity index (χ1n) is 5.43. The molecular weight excluding hydrogens is 334 g/mol. The average molecular weight is 343 g/mol. The molecule has 0 bridgehead atoms. The number of anilines is 1. The van der Waals surface area contributed by atoms with Crippen molar-refractivity contribution in [3.8, 4) is 0 Å². The molecule has 1 saturated heterocycles. The Morgan fingerprint density at radius 2 is 2.00 bits per heavy atom. The molecule has 0 aromatic heterocycles. The summed E-state index contributed by atoms with van der Waals surface area (Å²) in [4.78, 5) is 35.4. The zero-order chi connectivity index (χ0) is 14.0. The molecule has 7 heteroatoms. The number of carbonyl (C=O) groups excluding carboxylic acids is 3.